The summed E-state index contributed by atoms with van der Waals surface area (Å²) in [6.07, 6.45) is -0.517. The van der Waals surface area contributed by atoms with Gasteiger partial charge < -0.3 is 10.1 Å². The zero-order chi connectivity index (χ0) is 17.0. The average molecular weight is 337 g/mol. The molecule has 0 aliphatic carbocycles. The minimum Gasteiger partial charge on any atom is -0.444 e. The maximum Gasteiger partial charge on any atom is 0.407 e. The fourth-order valence-electron chi connectivity index (χ4n) is 1.86. The first-order valence-corrected chi connectivity index (χ1v) is 7.50. The molecule has 0 bridgehead atoms. The first-order valence-electron chi connectivity index (χ1n) is 7.13. The van der Waals surface area contributed by atoms with Gasteiger partial charge in [0, 0.05) is 17.7 Å². The Hall–Kier alpha value is -2.14. The SMILES string of the molecule is CC(C)(C)OC(=O)NCc1ccc(-c2ccc(F)cc2)nc1Cl. The smallest absolute Gasteiger partial charge is 0.407 e. The molecule has 0 saturated heterocycles. The molecule has 4 nitrogen and oxygen atoms in total. The van der Waals surface area contributed by atoms with Gasteiger partial charge in [-0.3, -0.25) is 0 Å². The van der Waals surface area contributed by atoms with Gasteiger partial charge in [0.1, 0.15) is 16.6 Å². The van der Waals surface area contributed by atoms with Crippen LogP contribution in [0, 0.1) is 5.82 Å². The highest BCUT2D eigenvalue weighted by molar-refractivity contribution is 6.30. The van der Waals surface area contributed by atoms with Crippen LogP contribution in [0.1, 0.15) is 26.3 Å². The largest absolute Gasteiger partial charge is 0.444 e. The van der Waals surface area contributed by atoms with Gasteiger partial charge in [-0.05, 0) is 51.1 Å². The molecule has 122 valence electrons. The van der Waals surface area contributed by atoms with Crippen LogP contribution in [0.2, 0.25) is 5.15 Å². The Bertz CT molecular complexity index is 697. The van der Waals surface area contributed by atoms with Crippen molar-refractivity contribution in [3.8, 4) is 11.3 Å². The molecule has 0 atom stereocenters. The van der Waals surface area contributed by atoms with E-state index < -0.39 is 11.7 Å². The van der Waals surface area contributed by atoms with Crippen molar-refractivity contribution in [1.82, 2.24) is 10.3 Å². The Kier molecular flexibility index (Phi) is 5.21. The van der Waals surface area contributed by atoms with Crippen molar-refractivity contribution in [2.45, 2.75) is 32.9 Å². The highest BCUT2D eigenvalue weighted by atomic mass is 35.5. The standard InChI is InChI=1S/C17H18ClFN2O2/c1-17(2,3)23-16(22)20-10-12-6-9-14(21-15(12)18)11-4-7-13(19)8-5-11/h4-9H,10H2,1-3H3,(H,20,22). The number of ether oxygens (including phenoxy) is 1. The Labute approximate surface area is 139 Å². The summed E-state index contributed by atoms with van der Waals surface area (Å²) in [5.74, 6) is -0.307. The maximum atomic E-state index is 12.9. The highest BCUT2D eigenvalue weighted by Gasteiger charge is 2.16. The van der Waals surface area contributed by atoms with E-state index in [-0.39, 0.29) is 17.5 Å². The van der Waals surface area contributed by atoms with Crippen LogP contribution in [0.25, 0.3) is 11.3 Å². The van der Waals surface area contributed by atoms with Crippen LogP contribution < -0.4 is 5.32 Å². The number of hydrogen-bond acceptors (Lipinski definition) is 3. The number of aromatic nitrogens is 1. The lowest BCUT2D eigenvalue weighted by Gasteiger charge is -2.19. The van der Waals surface area contributed by atoms with Crippen molar-refractivity contribution in [3.63, 3.8) is 0 Å². The lowest BCUT2D eigenvalue weighted by Crippen LogP contribution is -2.32. The van der Waals surface area contributed by atoms with Crippen molar-refractivity contribution >= 4 is 17.7 Å². The fourth-order valence-corrected chi connectivity index (χ4v) is 2.08. The predicted molar refractivity (Wildman–Crippen MR) is 87.7 cm³/mol. The van der Waals surface area contributed by atoms with E-state index in [2.05, 4.69) is 10.3 Å². The fraction of sp³-hybridized carbons (Fsp3) is 0.294. The number of rotatable bonds is 3. The highest BCUT2D eigenvalue weighted by Crippen LogP contribution is 2.22. The summed E-state index contributed by atoms with van der Waals surface area (Å²) in [4.78, 5) is 15.9. The summed E-state index contributed by atoms with van der Waals surface area (Å²) >= 11 is 6.15. The summed E-state index contributed by atoms with van der Waals surface area (Å²) in [5.41, 5.74) is 1.51. The molecule has 1 amide bonds. The number of nitrogens with one attached hydrogen (secondary N) is 1. The van der Waals surface area contributed by atoms with E-state index in [1.54, 1.807) is 45.0 Å². The van der Waals surface area contributed by atoms with Gasteiger partial charge in [-0.25, -0.2) is 14.2 Å². The van der Waals surface area contributed by atoms with Crippen molar-refractivity contribution < 1.29 is 13.9 Å². The van der Waals surface area contributed by atoms with E-state index in [1.807, 2.05) is 0 Å². The number of nitrogens with zero attached hydrogens (tertiary/aromatic N) is 1. The number of hydrogen-bond donors (Lipinski definition) is 1. The molecule has 0 aliphatic rings. The molecular formula is C17H18ClFN2O2. The Morgan fingerprint density at radius 2 is 1.87 bits per heavy atom. The topological polar surface area (TPSA) is 51.2 Å². The van der Waals surface area contributed by atoms with Crippen molar-refractivity contribution in [2.75, 3.05) is 0 Å². The molecule has 0 spiro atoms. The second-order valence-corrected chi connectivity index (χ2v) is 6.37. The number of carbonyl (C=O) groups excluding carboxylic acids is 1. The first kappa shape index (κ1) is 17.2. The maximum absolute atomic E-state index is 12.9. The number of benzene rings is 1. The quantitative estimate of drug-likeness (QED) is 0.835. The van der Waals surface area contributed by atoms with E-state index in [1.165, 1.54) is 12.1 Å². The number of alkyl carbamates (subject to hydrolysis) is 1. The van der Waals surface area contributed by atoms with Gasteiger partial charge in [-0.15, -0.1) is 0 Å². The van der Waals surface area contributed by atoms with E-state index in [0.29, 0.717) is 11.3 Å². The lowest BCUT2D eigenvalue weighted by molar-refractivity contribution is 0.0523. The Morgan fingerprint density at radius 3 is 2.43 bits per heavy atom. The molecule has 2 rings (SSSR count). The van der Waals surface area contributed by atoms with Gasteiger partial charge in [0.15, 0.2) is 0 Å². The van der Waals surface area contributed by atoms with Gasteiger partial charge in [0.05, 0.1) is 5.69 Å². The van der Waals surface area contributed by atoms with Gasteiger partial charge in [-0.1, -0.05) is 17.7 Å². The van der Waals surface area contributed by atoms with E-state index >= 15 is 0 Å². The second-order valence-electron chi connectivity index (χ2n) is 6.01. The number of halogens is 2. The monoisotopic (exact) mass is 336 g/mol. The summed E-state index contributed by atoms with van der Waals surface area (Å²) < 4.78 is 18.1. The van der Waals surface area contributed by atoms with Crippen molar-refractivity contribution in [1.29, 1.82) is 0 Å². The third-order valence-electron chi connectivity index (χ3n) is 2.89. The van der Waals surface area contributed by atoms with Crippen LogP contribution in [0.15, 0.2) is 36.4 Å². The molecule has 1 aromatic carbocycles. The van der Waals surface area contributed by atoms with E-state index in [9.17, 15) is 9.18 Å². The molecule has 0 aliphatic heterocycles. The number of amides is 1. The number of pyridine rings is 1. The van der Waals surface area contributed by atoms with Crippen LogP contribution in [0.4, 0.5) is 9.18 Å². The molecule has 1 heterocycles. The molecule has 0 saturated carbocycles. The van der Waals surface area contributed by atoms with Crippen LogP contribution >= 0.6 is 11.6 Å². The third-order valence-corrected chi connectivity index (χ3v) is 3.22. The lowest BCUT2D eigenvalue weighted by atomic mass is 10.1. The van der Waals surface area contributed by atoms with Crippen LogP contribution in [-0.4, -0.2) is 16.7 Å². The van der Waals surface area contributed by atoms with Crippen molar-refractivity contribution in [3.05, 3.63) is 52.9 Å². The molecule has 6 heteroatoms. The zero-order valence-electron chi connectivity index (χ0n) is 13.2. The molecule has 0 unspecified atom stereocenters. The minimum absolute atomic E-state index is 0.213. The average Bonchev–Trinajstić information content (AvgIpc) is 2.45. The molecule has 2 aromatic rings. The molecule has 23 heavy (non-hydrogen) atoms. The van der Waals surface area contributed by atoms with Gasteiger partial charge >= 0.3 is 6.09 Å². The summed E-state index contributed by atoms with van der Waals surface area (Å²) in [6, 6.07) is 9.53. The van der Waals surface area contributed by atoms with E-state index in [4.69, 9.17) is 16.3 Å². The molecule has 1 aromatic heterocycles. The third kappa shape index (κ3) is 5.21. The number of carbonyl (C=O) groups is 1. The van der Waals surface area contributed by atoms with Crippen LogP contribution in [0.3, 0.4) is 0 Å². The van der Waals surface area contributed by atoms with Gasteiger partial charge in [0.2, 0.25) is 0 Å². The van der Waals surface area contributed by atoms with Crippen molar-refractivity contribution in [2.24, 2.45) is 0 Å². The summed E-state index contributed by atoms with van der Waals surface area (Å²) in [6.45, 7) is 5.58. The first-order chi connectivity index (χ1) is 10.7. The Morgan fingerprint density at radius 1 is 1.22 bits per heavy atom. The predicted octanol–water partition coefficient (Wildman–Crippen LogP) is 4.57. The molecule has 0 fully saturated rings. The summed E-state index contributed by atoms with van der Waals surface area (Å²) in [7, 11) is 0. The molecule has 1 N–H and O–H groups in total. The Balaban J connectivity index is 2.05. The van der Waals surface area contributed by atoms with Gasteiger partial charge in [-0.2, -0.15) is 0 Å². The minimum atomic E-state index is -0.557. The van der Waals surface area contributed by atoms with Crippen LogP contribution in [0.5, 0.6) is 0 Å². The summed E-state index contributed by atoms with van der Waals surface area (Å²) in [5, 5.41) is 2.91. The van der Waals surface area contributed by atoms with Gasteiger partial charge in [0.25, 0.3) is 0 Å². The zero-order valence-corrected chi connectivity index (χ0v) is 13.9. The molecular weight excluding hydrogens is 319 g/mol. The van der Waals surface area contributed by atoms with Crippen LogP contribution in [-0.2, 0) is 11.3 Å². The second kappa shape index (κ2) is 6.96. The molecule has 0 radical (unpaired) electrons. The normalized spacial score (nSPS) is 11.2. The van der Waals surface area contributed by atoms with E-state index in [0.717, 1.165) is 5.56 Å².